The molecule has 1 heterocycles. The van der Waals surface area contributed by atoms with Crippen molar-refractivity contribution in [2.24, 2.45) is 0 Å². The summed E-state index contributed by atoms with van der Waals surface area (Å²) in [6.45, 7) is 0.675. The van der Waals surface area contributed by atoms with Crippen LogP contribution in [-0.2, 0) is 5.60 Å². The normalized spacial score (nSPS) is 18.3. The molecule has 15 heavy (non-hydrogen) atoms. The molecule has 0 bridgehead atoms. The van der Waals surface area contributed by atoms with Crippen molar-refractivity contribution >= 4 is 5.69 Å². The first kappa shape index (κ1) is 10.0. The molecule has 0 saturated carbocycles. The lowest BCUT2D eigenvalue weighted by atomic mass is 9.88. The van der Waals surface area contributed by atoms with Gasteiger partial charge in [-0.05, 0) is 17.7 Å². The molecular weight excluding hydrogens is 203 g/mol. The van der Waals surface area contributed by atoms with Crippen LogP contribution in [0, 0.1) is 15.9 Å². The maximum Gasteiger partial charge on any atom is 0.304 e. The molecule has 0 aliphatic carbocycles. The highest BCUT2D eigenvalue weighted by atomic mass is 19.1. The van der Waals surface area contributed by atoms with Gasteiger partial charge >= 0.3 is 5.69 Å². The van der Waals surface area contributed by atoms with E-state index in [0.29, 0.717) is 18.7 Å². The Morgan fingerprint density at radius 3 is 2.60 bits per heavy atom. The van der Waals surface area contributed by atoms with Gasteiger partial charge in [0.15, 0.2) is 0 Å². The van der Waals surface area contributed by atoms with E-state index in [1.54, 1.807) is 0 Å². The second-order valence-electron chi connectivity index (χ2n) is 3.56. The van der Waals surface area contributed by atoms with Crippen LogP contribution in [-0.4, -0.2) is 23.1 Å². The van der Waals surface area contributed by atoms with E-state index in [-0.39, 0.29) is 0 Å². The number of hydrogen-bond donors (Lipinski definition) is 2. The molecule has 0 amide bonds. The number of nitrogens with zero attached hydrogens (tertiary/aromatic N) is 1. The monoisotopic (exact) mass is 212 g/mol. The lowest BCUT2D eigenvalue weighted by Gasteiger charge is -2.37. The SMILES string of the molecule is O=[N+]([O-])c1ccc(C2(O)CNC2)cc1F. The van der Waals surface area contributed by atoms with Crippen molar-refractivity contribution in [1.29, 1.82) is 0 Å². The zero-order valence-electron chi connectivity index (χ0n) is 7.74. The number of rotatable bonds is 2. The molecule has 1 aliphatic rings. The Morgan fingerprint density at radius 2 is 2.20 bits per heavy atom. The van der Waals surface area contributed by atoms with E-state index in [2.05, 4.69) is 5.32 Å². The molecule has 6 heteroatoms. The predicted molar refractivity (Wildman–Crippen MR) is 49.8 cm³/mol. The molecule has 2 rings (SSSR count). The predicted octanol–water partition coefficient (Wildman–Crippen LogP) is 0.525. The Kier molecular flexibility index (Phi) is 2.17. The van der Waals surface area contributed by atoms with E-state index in [4.69, 9.17) is 0 Å². The van der Waals surface area contributed by atoms with Crippen LogP contribution in [0.5, 0.6) is 0 Å². The maximum atomic E-state index is 13.2. The molecule has 0 unspecified atom stereocenters. The number of hydrogen-bond acceptors (Lipinski definition) is 4. The standard InChI is InChI=1S/C9H9FN2O3/c10-7-3-6(9(13)4-11-5-9)1-2-8(7)12(14)15/h1-3,11,13H,4-5H2. The van der Waals surface area contributed by atoms with Crippen LogP contribution < -0.4 is 5.32 Å². The summed E-state index contributed by atoms with van der Waals surface area (Å²) in [7, 11) is 0. The number of benzene rings is 1. The zero-order chi connectivity index (χ0) is 11.1. The summed E-state index contributed by atoms with van der Waals surface area (Å²) in [5, 5.41) is 23.0. The van der Waals surface area contributed by atoms with Gasteiger partial charge in [-0.2, -0.15) is 4.39 Å². The van der Waals surface area contributed by atoms with Crippen LogP contribution in [0.4, 0.5) is 10.1 Å². The summed E-state index contributed by atoms with van der Waals surface area (Å²) in [5.74, 6) is -0.919. The molecule has 1 aromatic carbocycles. The van der Waals surface area contributed by atoms with Crippen molar-refractivity contribution in [3.8, 4) is 0 Å². The molecule has 1 saturated heterocycles. The van der Waals surface area contributed by atoms with E-state index in [0.717, 1.165) is 12.1 Å². The van der Waals surface area contributed by atoms with Crippen LogP contribution in [0.2, 0.25) is 0 Å². The van der Waals surface area contributed by atoms with Gasteiger partial charge < -0.3 is 10.4 Å². The topological polar surface area (TPSA) is 75.4 Å². The molecule has 0 radical (unpaired) electrons. The Bertz CT molecular complexity index is 418. The van der Waals surface area contributed by atoms with Gasteiger partial charge in [-0.25, -0.2) is 0 Å². The highest BCUT2D eigenvalue weighted by Gasteiger charge is 2.37. The van der Waals surface area contributed by atoms with Crippen LogP contribution >= 0.6 is 0 Å². The van der Waals surface area contributed by atoms with Gasteiger partial charge in [0.25, 0.3) is 0 Å². The molecule has 80 valence electrons. The van der Waals surface area contributed by atoms with Crippen molar-refractivity contribution < 1.29 is 14.4 Å². The molecular formula is C9H9FN2O3. The molecule has 1 aliphatic heterocycles. The quantitative estimate of drug-likeness (QED) is 0.553. The first-order valence-corrected chi connectivity index (χ1v) is 4.40. The van der Waals surface area contributed by atoms with Crippen molar-refractivity contribution in [3.05, 3.63) is 39.7 Å². The van der Waals surface area contributed by atoms with Gasteiger partial charge in [0.05, 0.1) is 4.92 Å². The Balaban J connectivity index is 2.37. The summed E-state index contributed by atoms with van der Waals surface area (Å²) in [4.78, 5) is 9.57. The summed E-state index contributed by atoms with van der Waals surface area (Å²) in [6, 6.07) is 3.46. The van der Waals surface area contributed by atoms with Gasteiger partial charge in [0.1, 0.15) is 5.60 Å². The van der Waals surface area contributed by atoms with E-state index in [1.807, 2.05) is 0 Å². The van der Waals surface area contributed by atoms with E-state index in [1.165, 1.54) is 6.07 Å². The Labute approximate surface area is 84.7 Å². The molecule has 0 atom stereocenters. The number of halogens is 1. The first-order chi connectivity index (χ1) is 7.03. The van der Waals surface area contributed by atoms with E-state index < -0.39 is 22.0 Å². The lowest BCUT2D eigenvalue weighted by molar-refractivity contribution is -0.387. The maximum absolute atomic E-state index is 13.2. The van der Waals surface area contributed by atoms with Crippen molar-refractivity contribution in [2.75, 3.05) is 13.1 Å². The third kappa shape index (κ3) is 1.57. The van der Waals surface area contributed by atoms with Crippen LogP contribution in [0.15, 0.2) is 18.2 Å². The van der Waals surface area contributed by atoms with Gasteiger partial charge in [0.2, 0.25) is 5.82 Å². The lowest BCUT2D eigenvalue weighted by Crippen LogP contribution is -2.56. The third-order valence-electron chi connectivity index (χ3n) is 2.52. The van der Waals surface area contributed by atoms with Crippen molar-refractivity contribution in [1.82, 2.24) is 5.32 Å². The van der Waals surface area contributed by atoms with Gasteiger partial charge in [-0.15, -0.1) is 0 Å². The van der Waals surface area contributed by atoms with Crippen LogP contribution in [0.25, 0.3) is 0 Å². The molecule has 0 aromatic heterocycles. The zero-order valence-corrected chi connectivity index (χ0v) is 7.74. The van der Waals surface area contributed by atoms with E-state index in [9.17, 15) is 19.6 Å². The first-order valence-electron chi connectivity index (χ1n) is 4.40. The number of nitro groups is 1. The van der Waals surface area contributed by atoms with Crippen LogP contribution in [0.1, 0.15) is 5.56 Å². The highest BCUT2D eigenvalue weighted by Crippen LogP contribution is 2.28. The second-order valence-corrected chi connectivity index (χ2v) is 3.56. The fourth-order valence-electron chi connectivity index (χ4n) is 1.51. The van der Waals surface area contributed by atoms with Gasteiger partial charge in [-0.3, -0.25) is 10.1 Å². The summed E-state index contributed by atoms with van der Waals surface area (Å²) >= 11 is 0. The largest absolute Gasteiger partial charge is 0.382 e. The smallest absolute Gasteiger partial charge is 0.304 e. The fraction of sp³-hybridized carbons (Fsp3) is 0.333. The molecule has 1 fully saturated rings. The summed E-state index contributed by atoms with van der Waals surface area (Å²) < 4.78 is 13.2. The number of nitrogens with one attached hydrogen (secondary N) is 1. The average Bonchev–Trinajstić information content (AvgIpc) is 2.13. The number of β-amino-alcohol motifs (C(OH)–C–C–N with tert-alkyl or cyclic N) is 1. The second kappa shape index (κ2) is 3.25. The highest BCUT2D eigenvalue weighted by molar-refractivity contribution is 5.38. The van der Waals surface area contributed by atoms with Gasteiger partial charge in [-0.1, -0.05) is 0 Å². The fourth-order valence-corrected chi connectivity index (χ4v) is 1.51. The number of nitro benzene ring substituents is 1. The minimum absolute atomic E-state index is 0.338. The molecule has 0 spiro atoms. The minimum atomic E-state index is -1.09. The van der Waals surface area contributed by atoms with Crippen molar-refractivity contribution in [2.45, 2.75) is 5.60 Å². The average molecular weight is 212 g/mol. The van der Waals surface area contributed by atoms with E-state index >= 15 is 0 Å². The molecule has 2 N–H and O–H groups in total. The Hall–Kier alpha value is -1.53. The van der Waals surface area contributed by atoms with Crippen molar-refractivity contribution in [3.63, 3.8) is 0 Å². The Morgan fingerprint density at radius 1 is 1.53 bits per heavy atom. The number of aliphatic hydroxyl groups is 1. The van der Waals surface area contributed by atoms with Gasteiger partial charge in [0, 0.05) is 19.2 Å². The molecule has 1 aromatic rings. The van der Waals surface area contributed by atoms with Crippen LogP contribution in [0.3, 0.4) is 0 Å². The summed E-state index contributed by atoms with van der Waals surface area (Å²) in [6.07, 6.45) is 0. The molecule has 5 nitrogen and oxygen atoms in total. The summed E-state index contributed by atoms with van der Waals surface area (Å²) in [5.41, 5.74) is -1.30. The minimum Gasteiger partial charge on any atom is -0.382 e. The third-order valence-corrected chi connectivity index (χ3v) is 2.52.